The first-order valence-corrected chi connectivity index (χ1v) is 22.7. The van der Waals surface area contributed by atoms with Crippen molar-refractivity contribution in [3.05, 3.63) is 57.3 Å². The molecule has 2 fully saturated rings. The lowest BCUT2D eigenvalue weighted by Crippen LogP contribution is -2.44. The number of hydrogen-bond acceptors (Lipinski definition) is 7. The van der Waals surface area contributed by atoms with Gasteiger partial charge in [-0.3, -0.25) is 14.4 Å². The fourth-order valence-corrected chi connectivity index (χ4v) is 10.3. The first-order chi connectivity index (χ1) is 29.2. The van der Waals surface area contributed by atoms with Gasteiger partial charge in [0, 0.05) is 82.9 Å². The molecule has 2 aromatic rings. The van der Waals surface area contributed by atoms with Crippen molar-refractivity contribution in [3.63, 3.8) is 0 Å². The monoisotopic (exact) mass is 851 g/mol. The first-order valence-electron chi connectivity index (χ1n) is 22.7. The Morgan fingerprint density at radius 1 is 0.726 bits per heavy atom. The molecular weight excluding hydrogens is 785 g/mol. The van der Waals surface area contributed by atoms with Gasteiger partial charge in [0.1, 0.15) is 6.04 Å². The van der Waals surface area contributed by atoms with Crippen molar-refractivity contribution in [1.29, 1.82) is 0 Å². The number of Topliss-reactive ketones (excluding diaryl/α,β-unsaturated/α-hetero) is 1. The van der Waals surface area contributed by atoms with E-state index in [1.54, 1.807) is 9.80 Å². The number of nitrogens with zero attached hydrogens (tertiary/aromatic N) is 4. The second-order valence-electron chi connectivity index (χ2n) is 19.5. The summed E-state index contributed by atoms with van der Waals surface area (Å²) in [5.74, 6) is -1.33. The van der Waals surface area contributed by atoms with Crippen LogP contribution in [0.5, 0.6) is 0 Å². The Hall–Kier alpha value is -5.40. The van der Waals surface area contributed by atoms with Crippen LogP contribution in [0.4, 0.5) is 26.7 Å². The van der Waals surface area contributed by atoms with Gasteiger partial charge in [0.25, 0.3) is 0 Å². The Kier molecular flexibility index (Phi) is 12.3. The molecule has 6 amide bonds. The molecule has 334 valence electrons. The summed E-state index contributed by atoms with van der Waals surface area (Å²) in [6.07, 6.45) is 5.87. The molecule has 4 N–H and O–H groups in total. The summed E-state index contributed by atoms with van der Waals surface area (Å²) >= 11 is 0. The van der Waals surface area contributed by atoms with Gasteiger partial charge >= 0.3 is 12.1 Å². The predicted molar refractivity (Wildman–Crippen MR) is 241 cm³/mol. The third kappa shape index (κ3) is 7.94. The lowest BCUT2D eigenvalue weighted by Gasteiger charge is -2.34. The van der Waals surface area contributed by atoms with E-state index in [0.29, 0.717) is 37.0 Å². The Morgan fingerprint density at radius 3 is 1.76 bits per heavy atom. The number of hydrogen-bond donors (Lipinski definition) is 4. The fraction of sp³-hybridized carbons (Fsp3) is 0.583. The molecule has 2 saturated heterocycles. The van der Waals surface area contributed by atoms with Crippen LogP contribution in [0.1, 0.15) is 124 Å². The number of ketones is 1. The van der Waals surface area contributed by atoms with E-state index < -0.39 is 23.6 Å². The standard InChI is InChI=1S/C48H66N8O6/c1-27(2)55-29(5)47(7,8)33-21-31(35(23-37(33)55)51-45(61)49-25-39(57)53-17-13-11-14-18-53)41-43(59)42(44(41)60)32-22-34-38(56(28(3)4)30(6)48(34,9)10)24-36(32)52-46(62)50-26-40(58)54-19-15-12-16-20-54/h21-24,27-30H,11-20,25-26H2,1-10H3,(H4,49,50,51,52,59,60,61,62). The Labute approximate surface area is 365 Å². The number of anilines is 3. The largest absolute Gasteiger partial charge is 0.871 e. The molecule has 4 heterocycles. The highest BCUT2D eigenvalue weighted by Crippen LogP contribution is 2.50. The molecule has 7 rings (SSSR count). The molecule has 0 bridgehead atoms. The van der Waals surface area contributed by atoms with E-state index >= 15 is 0 Å². The van der Waals surface area contributed by atoms with Crippen LogP contribution in [0.3, 0.4) is 0 Å². The highest BCUT2D eigenvalue weighted by Gasteiger charge is 2.47. The van der Waals surface area contributed by atoms with Crippen LogP contribution in [-0.2, 0) is 25.2 Å². The SMILES string of the molecule is CC(C)N1c2cc(NC(=O)NCC(=O)N3CCCCC3)c(C3=C([O-])/C(=c4/cc5c(cc4NC(=O)NCC(=O)N4CCCCC4)=[N+](C(C)C)C(C)C5(C)C)C3=O)cc2C(C)(C)C1C. The number of benzene rings is 2. The van der Waals surface area contributed by atoms with Gasteiger partial charge in [0.05, 0.1) is 29.9 Å². The first kappa shape index (κ1) is 44.6. The zero-order chi connectivity index (χ0) is 45.0. The lowest BCUT2D eigenvalue weighted by molar-refractivity contribution is -0.292. The van der Waals surface area contributed by atoms with Gasteiger partial charge in [-0.25, -0.2) is 14.2 Å². The van der Waals surface area contributed by atoms with Gasteiger partial charge in [-0.2, -0.15) is 0 Å². The number of likely N-dealkylation sites (tertiary alicyclic amines) is 2. The summed E-state index contributed by atoms with van der Waals surface area (Å²) in [7, 11) is 0. The average Bonchev–Trinajstić information content (AvgIpc) is 3.55. The molecule has 62 heavy (non-hydrogen) atoms. The number of fused-ring (bicyclic) bond motifs is 2. The molecule has 0 aromatic heterocycles. The van der Waals surface area contributed by atoms with Crippen LogP contribution in [0.25, 0.3) is 11.1 Å². The maximum atomic E-state index is 14.8. The molecule has 0 radical (unpaired) electrons. The second-order valence-corrected chi connectivity index (χ2v) is 19.5. The number of amides is 6. The maximum Gasteiger partial charge on any atom is 0.319 e. The molecule has 0 saturated carbocycles. The van der Waals surface area contributed by atoms with Gasteiger partial charge in [-0.05, 0) is 118 Å². The van der Waals surface area contributed by atoms with Crippen LogP contribution in [0.15, 0.2) is 30.0 Å². The van der Waals surface area contributed by atoms with Crippen LogP contribution in [0, 0.1) is 0 Å². The topological polar surface area (TPSA) is 169 Å². The van der Waals surface area contributed by atoms with Crippen LogP contribution >= 0.6 is 0 Å². The lowest BCUT2D eigenvalue weighted by atomic mass is 9.76. The number of nitrogens with one attached hydrogen (secondary N) is 4. The quantitative estimate of drug-likeness (QED) is 0.278. The van der Waals surface area contributed by atoms with Gasteiger partial charge in [0.2, 0.25) is 17.2 Å². The average molecular weight is 851 g/mol. The van der Waals surface area contributed by atoms with E-state index in [1.807, 2.05) is 24.3 Å². The summed E-state index contributed by atoms with van der Waals surface area (Å²) in [5, 5.41) is 27.2. The fourth-order valence-electron chi connectivity index (χ4n) is 10.3. The summed E-state index contributed by atoms with van der Waals surface area (Å²) in [5.41, 5.74) is 2.79. The summed E-state index contributed by atoms with van der Waals surface area (Å²) < 4.78 is 2.28. The van der Waals surface area contributed by atoms with Crippen LogP contribution in [-0.4, -0.2) is 103 Å². The van der Waals surface area contributed by atoms with E-state index in [0.717, 1.165) is 60.7 Å². The molecule has 4 aliphatic heterocycles. The molecule has 1 aliphatic carbocycles. The number of allylic oxidation sites excluding steroid dienone is 2. The second kappa shape index (κ2) is 17.0. The summed E-state index contributed by atoms with van der Waals surface area (Å²) in [4.78, 5) is 73.6. The maximum absolute atomic E-state index is 14.8. The minimum Gasteiger partial charge on any atom is -0.871 e. The zero-order valence-electron chi connectivity index (χ0n) is 38.3. The van der Waals surface area contributed by atoms with E-state index in [9.17, 15) is 29.1 Å². The van der Waals surface area contributed by atoms with Crippen LogP contribution < -0.4 is 46.4 Å². The van der Waals surface area contributed by atoms with Gasteiger partial charge in [-0.1, -0.05) is 19.6 Å². The molecule has 2 atom stereocenters. The van der Waals surface area contributed by atoms with E-state index in [4.69, 9.17) is 0 Å². The predicted octanol–water partition coefficient (Wildman–Crippen LogP) is 3.93. The summed E-state index contributed by atoms with van der Waals surface area (Å²) in [6, 6.07) is 6.53. The van der Waals surface area contributed by atoms with E-state index in [1.165, 1.54) is 0 Å². The Morgan fingerprint density at radius 2 is 1.26 bits per heavy atom. The van der Waals surface area contributed by atoms with Crippen molar-refractivity contribution in [2.24, 2.45) is 0 Å². The minimum absolute atomic E-state index is 0.0617. The normalized spacial score (nSPS) is 22.4. The smallest absolute Gasteiger partial charge is 0.319 e. The highest BCUT2D eigenvalue weighted by molar-refractivity contribution is 6.52. The van der Waals surface area contributed by atoms with Gasteiger partial charge in [0.15, 0.2) is 11.8 Å². The summed E-state index contributed by atoms with van der Waals surface area (Å²) in [6.45, 7) is 23.5. The molecule has 14 nitrogen and oxygen atoms in total. The Balaban J connectivity index is 1.32. The number of urea groups is 2. The van der Waals surface area contributed by atoms with Crippen molar-refractivity contribution < 1.29 is 29.1 Å². The van der Waals surface area contributed by atoms with Crippen molar-refractivity contribution >= 4 is 57.9 Å². The number of carbonyl (C=O) groups excluding carboxylic acids is 5. The molecule has 2 unspecified atom stereocenters. The Bertz CT molecular complexity index is 2350. The molecule has 5 aliphatic rings. The van der Waals surface area contributed by atoms with E-state index in [2.05, 4.69) is 100.0 Å². The number of carbonyl (C=O) groups is 5. The van der Waals surface area contributed by atoms with Gasteiger partial charge < -0.3 is 41.1 Å². The van der Waals surface area contributed by atoms with Crippen molar-refractivity contribution in [3.8, 4) is 0 Å². The number of piperidine rings is 2. The van der Waals surface area contributed by atoms with E-state index in [-0.39, 0.29) is 82.4 Å². The third-order valence-corrected chi connectivity index (χ3v) is 14.4. The van der Waals surface area contributed by atoms with Crippen molar-refractivity contribution in [1.82, 2.24) is 25.0 Å². The van der Waals surface area contributed by atoms with Crippen molar-refractivity contribution in [2.45, 2.75) is 143 Å². The molecule has 0 spiro atoms. The third-order valence-electron chi connectivity index (χ3n) is 14.4. The molecular formula is C48H66N8O6. The minimum atomic E-state index is -0.622. The molecule has 14 heteroatoms. The van der Waals surface area contributed by atoms with Gasteiger partial charge in [-0.15, -0.1) is 0 Å². The van der Waals surface area contributed by atoms with Crippen LogP contribution in [0.2, 0.25) is 0 Å². The number of rotatable bonds is 9. The zero-order valence-corrected chi connectivity index (χ0v) is 38.3. The van der Waals surface area contributed by atoms with Crippen molar-refractivity contribution in [2.75, 3.05) is 54.8 Å². The molecule has 2 aromatic carbocycles. The highest BCUT2D eigenvalue weighted by atomic mass is 16.3.